The third kappa shape index (κ3) is 3.36. The summed E-state index contributed by atoms with van der Waals surface area (Å²) in [4.78, 5) is 49.0. The van der Waals surface area contributed by atoms with Crippen LogP contribution in [0.1, 0.15) is 39.8 Å². The number of carbonyl (C=O) groups excluding carboxylic acids is 2. The molecule has 1 amide bonds. The van der Waals surface area contributed by atoms with E-state index in [-0.39, 0.29) is 34.8 Å². The maximum absolute atomic E-state index is 13.5. The number of esters is 1. The zero-order chi connectivity index (χ0) is 25.4. The second kappa shape index (κ2) is 7.84. The molecule has 188 valence electrons. The Bertz CT molecular complexity index is 1630. The molecule has 3 aromatic rings. The van der Waals surface area contributed by atoms with Crippen molar-refractivity contribution >= 4 is 54.8 Å². The normalized spacial score (nSPS) is 20.9. The Morgan fingerprint density at radius 1 is 1.33 bits per heavy atom. The van der Waals surface area contributed by atoms with E-state index >= 15 is 0 Å². The molecule has 1 fully saturated rings. The molecule has 0 unspecified atom stereocenters. The number of sulfone groups is 1. The van der Waals surface area contributed by atoms with Crippen molar-refractivity contribution in [2.45, 2.75) is 38.8 Å². The van der Waals surface area contributed by atoms with Gasteiger partial charge in [-0.05, 0) is 50.3 Å². The first-order valence-corrected chi connectivity index (χ1v) is 14.3. The summed E-state index contributed by atoms with van der Waals surface area (Å²) in [5, 5.41) is 6.65. The van der Waals surface area contributed by atoms with Gasteiger partial charge in [-0.3, -0.25) is 19.0 Å². The summed E-state index contributed by atoms with van der Waals surface area (Å²) in [7, 11) is -3.33. The quantitative estimate of drug-likeness (QED) is 0.478. The van der Waals surface area contributed by atoms with Crippen molar-refractivity contribution in [3.05, 3.63) is 44.4 Å². The first kappa shape index (κ1) is 23.1. The monoisotopic (exact) mass is 529 g/mol. The van der Waals surface area contributed by atoms with Gasteiger partial charge >= 0.3 is 5.97 Å². The van der Waals surface area contributed by atoms with E-state index in [0.717, 1.165) is 20.7 Å². The predicted molar refractivity (Wildman–Crippen MR) is 132 cm³/mol. The third-order valence-corrected chi connectivity index (χ3v) is 10.0. The first-order valence-electron chi connectivity index (χ1n) is 11.6. The molecule has 2 aliphatic heterocycles. The van der Waals surface area contributed by atoms with Gasteiger partial charge in [-0.15, -0.1) is 11.3 Å². The van der Waals surface area contributed by atoms with Crippen molar-refractivity contribution in [3.8, 4) is 0 Å². The Kier molecular flexibility index (Phi) is 5.03. The van der Waals surface area contributed by atoms with E-state index in [2.05, 4.69) is 20.6 Å². The molecule has 0 radical (unpaired) electrons. The Labute approximate surface area is 209 Å². The lowest BCUT2D eigenvalue weighted by molar-refractivity contribution is -0.148. The first-order chi connectivity index (χ1) is 17.1. The van der Waals surface area contributed by atoms with Crippen molar-refractivity contribution in [2.75, 3.05) is 23.4 Å². The summed E-state index contributed by atoms with van der Waals surface area (Å²) >= 11 is 1.50. The Morgan fingerprint density at radius 2 is 2.11 bits per heavy atom. The highest BCUT2D eigenvalue weighted by molar-refractivity contribution is 7.92. The average molecular weight is 530 g/mol. The Hall–Kier alpha value is -3.32. The lowest BCUT2D eigenvalue weighted by Gasteiger charge is -2.38. The highest BCUT2D eigenvalue weighted by Gasteiger charge is 2.57. The summed E-state index contributed by atoms with van der Waals surface area (Å²) in [6.07, 6.45) is 3.29. The minimum absolute atomic E-state index is 0.172. The zero-order valence-electron chi connectivity index (χ0n) is 19.6. The number of rotatable bonds is 4. The second-order valence-electron chi connectivity index (χ2n) is 9.47. The number of nitrogens with one attached hydrogen (secondary N) is 2. The van der Waals surface area contributed by atoms with Crippen molar-refractivity contribution in [1.82, 2.24) is 19.9 Å². The van der Waals surface area contributed by atoms with Crippen molar-refractivity contribution in [2.24, 2.45) is 5.92 Å². The molecule has 1 spiro atoms. The van der Waals surface area contributed by atoms with Gasteiger partial charge in [0, 0.05) is 4.88 Å². The van der Waals surface area contributed by atoms with Gasteiger partial charge in [-0.1, -0.05) is 0 Å². The number of anilines is 2. The number of amides is 1. The van der Waals surface area contributed by atoms with Gasteiger partial charge in [-0.2, -0.15) is 0 Å². The molecule has 0 bridgehead atoms. The number of fused-ring (bicyclic) bond motifs is 5. The number of thiophene rings is 1. The van der Waals surface area contributed by atoms with Crippen LogP contribution in [0.15, 0.2) is 17.2 Å². The fraction of sp³-hybridized carbons (Fsp3) is 0.435. The standard InChI is InChI=1S/C23H23N5O6S2/c1-3-34-22(31)12-4-5-13-15(7-12)35-20-16(13)18(24-10-25-20)26-14-6-11(2)17-19(29)27-23(28(17)21(14)30)8-36(32,33)9-23/h6,10,12H,3-5,7-9H2,1-2H3,(H,27,29)(H,24,25,26)/t12-/m0/s1. The van der Waals surface area contributed by atoms with Crippen LogP contribution in [0, 0.1) is 12.8 Å². The number of nitrogens with zero attached hydrogens (tertiary/aromatic N) is 3. The van der Waals surface area contributed by atoms with Gasteiger partial charge in [-0.25, -0.2) is 18.4 Å². The molecule has 11 nitrogen and oxygen atoms in total. The van der Waals surface area contributed by atoms with E-state index in [9.17, 15) is 22.8 Å². The van der Waals surface area contributed by atoms with E-state index in [4.69, 9.17) is 4.74 Å². The van der Waals surface area contributed by atoms with E-state index < -0.39 is 27.0 Å². The van der Waals surface area contributed by atoms with E-state index in [0.29, 0.717) is 37.3 Å². The molecule has 2 N–H and O–H groups in total. The van der Waals surface area contributed by atoms with Crippen LogP contribution in [0.25, 0.3) is 10.2 Å². The maximum Gasteiger partial charge on any atom is 0.309 e. The summed E-state index contributed by atoms with van der Waals surface area (Å²) in [6, 6.07) is 1.59. The molecule has 1 atom stereocenters. The lowest BCUT2D eigenvalue weighted by Crippen LogP contribution is -2.64. The molecule has 1 aliphatic carbocycles. The highest BCUT2D eigenvalue weighted by atomic mass is 32.2. The second-order valence-corrected chi connectivity index (χ2v) is 12.6. The van der Waals surface area contributed by atoms with Gasteiger partial charge in [0.25, 0.3) is 11.5 Å². The Morgan fingerprint density at radius 3 is 2.83 bits per heavy atom. The molecule has 13 heteroatoms. The van der Waals surface area contributed by atoms with Crippen LogP contribution in [-0.4, -0.2) is 52.9 Å². The fourth-order valence-corrected chi connectivity index (χ4v) is 8.57. The van der Waals surface area contributed by atoms with Crippen LogP contribution in [0.5, 0.6) is 0 Å². The van der Waals surface area contributed by atoms with Crippen LogP contribution in [-0.2, 0) is 37.9 Å². The number of aryl methyl sites for hydroxylation is 2. The van der Waals surface area contributed by atoms with E-state index in [1.807, 2.05) is 0 Å². The van der Waals surface area contributed by atoms with Gasteiger partial charge in [0.15, 0.2) is 9.84 Å². The molecule has 3 aliphatic rings. The van der Waals surface area contributed by atoms with Crippen molar-refractivity contribution in [1.29, 1.82) is 0 Å². The predicted octanol–water partition coefficient (Wildman–Crippen LogP) is 1.40. The van der Waals surface area contributed by atoms with Crippen molar-refractivity contribution in [3.63, 3.8) is 0 Å². The van der Waals surface area contributed by atoms with Crippen LogP contribution in [0.4, 0.5) is 11.5 Å². The SMILES string of the molecule is CCOC(=O)[C@H]1CCc2c(sc3ncnc(Nc4cc(C)c5n(c4=O)C4(CS(=O)(=O)C4)NC5=O)c23)C1. The van der Waals surface area contributed by atoms with E-state index in [1.54, 1.807) is 19.9 Å². The molecule has 0 saturated carbocycles. The molecular weight excluding hydrogens is 506 g/mol. The van der Waals surface area contributed by atoms with Gasteiger partial charge in [0.05, 0.1) is 29.4 Å². The summed E-state index contributed by atoms with van der Waals surface area (Å²) in [5.41, 5.74) is 0.209. The van der Waals surface area contributed by atoms with Crippen LogP contribution >= 0.6 is 11.3 Å². The molecular formula is C23H23N5O6S2. The molecule has 5 heterocycles. The van der Waals surface area contributed by atoms with Crippen LogP contribution < -0.4 is 16.2 Å². The summed E-state index contributed by atoms with van der Waals surface area (Å²) in [6.45, 7) is 3.85. The minimum atomic E-state index is -3.33. The van der Waals surface area contributed by atoms with Crippen LogP contribution in [0.2, 0.25) is 0 Å². The minimum Gasteiger partial charge on any atom is -0.466 e. The van der Waals surface area contributed by atoms with Gasteiger partial charge in [0.1, 0.15) is 34.0 Å². The van der Waals surface area contributed by atoms with Crippen LogP contribution in [0.3, 0.4) is 0 Å². The number of pyridine rings is 1. The Balaban J connectivity index is 1.41. The van der Waals surface area contributed by atoms with Crippen molar-refractivity contribution < 1.29 is 22.7 Å². The smallest absolute Gasteiger partial charge is 0.309 e. The third-order valence-electron chi connectivity index (χ3n) is 7.02. The molecule has 6 rings (SSSR count). The molecule has 0 aromatic carbocycles. The maximum atomic E-state index is 13.5. The topological polar surface area (TPSA) is 149 Å². The van der Waals surface area contributed by atoms with E-state index in [1.165, 1.54) is 22.2 Å². The molecule has 1 saturated heterocycles. The van der Waals surface area contributed by atoms with Gasteiger partial charge in [0.2, 0.25) is 0 Å². The zero-order valence-corrected chi connectivity index (χ0v) is 21.2. The number of hydrogen-bond acceptors (Lipinski definition) is 10. The highest BCUT2D eigenvalue weighted by Crippen LogP contribution is 2.41. The largest absolute Gasteiger partial charge is 0.466 e. The molecule has 36 heavy (non-hydrogen) atoms. The number of hydrogen-bond donors (Lipinski definition) is 2. The molecule has 3 aromatic heterocycles. The number of aromatic nitrogens is 3. The lowest BCUT2D eigenvalue weighted by atomic mass is 9.88. The summed E-state index contributed by atoms with van der Waals surface area (Å²) < 4.78 is 30.4. The number of ether oxygens (including phenoxy) is 1. The summed E-state index contributed by atoms with van der Waals surface area (Å²) in [5.74, 6) is -1.03. The van der Waals surface area contributed by atoms with Gasteiger partial charge < -0.3 is 15.4 Å². The number of carbonyl (C=O) groups is 2. The average Bonchev–Trinajstić information content (AvgIpc) is 3.32. The fourth-order valence-electron chi connectivity index (χ4n) is 5.53.